The molecule has 1 fully saturated rings. The molecule has 1 aliphatic rings. The number of fused-ring (bicyclic) bond motifs is 1. The second-order valence-electron chi connectivity index (χ2n) is 7.05. The molecule has 1 aliphatic heterocycles. The van der Waals surface area contributed by atoms with E-state index in [4.69, 9.17) is 5.73 Å². The number of aromatic nitrogens is 2. The highest BCUT2D eigenvalue weighted by molar-refractivity contribution is 5.95. The average Bonchev–Trinajstić information content (AvgIpc) is 2.64. The number of hydrogen-bond acceptors (Lipinski definition) is 5. The highest BCUT2D eigenvalue weighted by Crippen LogP contribution is 2.27. The number of rotatable bonds is 7. The number of nitrogens with zero attached hydrogens (tertiary/aromatic N) is 3. The van der Waals surface area contributed by atoms with Gasteiger partial charge in [-0.1, -0.05) is 12.1 Å². The van der Waals surface area contributed by atoms with Gasteiger partial charge in [0, 0.05) is 6.54 Å². The number of amides is 2. The lowest BCUT2D eigenvalue weighted by molar-refractivity contribution is -0.167. The molecule has 1 saturated heterocycles. The number of carbonyl (C=O) groups is 2. The maximum Gasteiger partial charge on any atom is 0.282 e. The summed E-state index contributed by atoms with van der Waals surface area (Å²) >= 11 is 0. The number of unbranched alkanes of at least 4 members (excludes halogenated alkanes) is 1. The molecule has 0 bridgehead atoms. The Balaban J connectivity index is 1.41. The van der Waals surface area contributed by atoms with Gasteiger partial charge in [0.1, 0.15) is 5.69 Å². The van der Waals surface area contributed by atoms with Crippen LogP contribution >= 0.6 is 0 Å². The van der Waals surface area contributed by atoms with Gasteiger partial charge in [-0.2, -0.15) is 0 Å². The van der Waals surface area contributed by atoms with Crippen molar-refractivity contribution in [3.8, 4) is 0 Å². The van der Waals surface area contributed by atoms with E-state index >= 15 is 0 Å². The van der Waals surface area contributed by atoms with Crippen molar-refractivity contribution in [3.63, 3.8) is 0 Å². The van der Waals surface area contributed by atoms with E-state index in [1.54, 1.807) is 13.0 Å². The number of aryl methyl sites for hydroxylation is 1. The Morgan fingerprint density at radius 3 is 2.50 bits per heavy atom. The number of alkyl halides is 2. The number of para-hydroxylation sites is 2. The smallest absolute Gasteiger partial charge is 0.282 e. The van der Waals surface area contributed by atoms with E-state index in [1.807, 2.05) is 18.2 Å². The van der Waals surface area contributed by atoms with Crippen molar-refractivity contribution in [2.75, 3.05) is 19.6 Å². The van der Waals surface area contributed by atoms with Gasteiger partial charge in [-0.05, 0) is 38.3 Å². The van der Waals surface area contributed by atoms with Crippen molar-refractivity contribution in [1.29, 1.82) is 0 Å². The Labute approximate surface area is 161 Å². The van der Waals surface area contributed by atoms with Crippen LogP contribution in [0.5, 0.6) is 0 Å². The first kappa shape index (κ1) is 20.1. The molecule has 3 N–H and O–H groups in total. The van der Waals surface area contributed by atoms with Gasteiger partial charge in [-0.3, -0.25) is 9.59 Å². The fourth-order valence-corrected chi connectivity index (χ4v) is 3.10. The summed E-state index contributed by atoms with van der Waals surface area (Å²) in [6.07, 6.45) is 1.59. The van der Waals surface area contributed by atoms with Gasteiger partial charge in [0.15, 0.2) is 0 Å². The van der Waals surface area contributed by atoms with E-state index in [-0.39, 0.29) is 11.6 Å². The molecule has 2 heterocycles. The highest BCUT2D eigenvalue weighted by atomic mass is 19.3. The normalized spacial score (nSPS) is 16.5. The molecule has 2 amide bonds. The lowest BCUT2D eigenvalue weighted by Crippen LogP contribution is -2.61. The molecule has 0 spiro atoms. The van der Waals surface area contributed by atoms with Crippen LogP contribution in [0.4, 0.5) is 8.78 Å². The van der Waals surface area contributed by atoms with E-state index in [2.05, 4.69) is 15.3 Å². The van der Waals surface area contributed by atoms with Gasteiger partial charge < -0.3 is 16.0 Å². The molecular formula is C19H23F2N5O2. The van der Waals surface area contributed by atoms with E-state index in [0.717, 1.165) is 10.4 Å². The summed E-state index contributed by atoms with van der Waals surface area (Å²) in [6, 6.07) is 6.53. The van der Waals surface area contributed by atoms with Crippen LogP contribution in [0.3, 0.4) is 0 Å². The summed E-state index contributed by atoms with van der Waals surface area (Å²) in [5, 5.41) is 2.79. The fraction of sp³-hybridized carbons (Fsp3) is 0.474. The third-order valence-corrected chi connectivity index (χ3v) is 4.66. The number of halogens is 2. The fourth-order valence-electron chi connectivity index (χ4n) is 3.10. The van der Waals surface area contributed by atoms with Crippen LogP contribution in [0.15, 0.2) is 24.3 Å². The third kappa shape index (κ3) is 4.59. The molecule has 0 saturated carbocycles. The molecule has 1 atom stereocenters. The lowest BCUT2D eigenvalue weighted by Gasteiger charge is -2.39. The number of carbonyl (C=O) groups excluding carboxylic acids is 2. The Bertz CT molecular complexity index is 882. The molecule has 1 aromatic carbocycles. The van der Waals surface area contributed by atoms with E-state index in [9.17, 15) is 18.4 Å². The molecule has 7 nitrogen and oxygen atoms in total. The molecule has 150 valence electrons. The van der Waals surface area contributed by atoms with E-state index < -0.39 is 31.0 Å². The zero-order valence-electron chi connectivity index (χ0n) is 15.6. The van der Waals surface area contributed by atoms with Crippen LogP contribution in [0.1, 0.15) is 35.4 Å². The predicted octanol–water partition coefficient (Wildman–Crippen LogP) is 1.64. The Hall–Kier alpha value is -2.68. The summed E-state index contributed by atoms with van der Waals surface area (Å²) < 4.78 is 25.6. The molecular weight excluding hydrogens is 368 g/mol. The first-order chi connectivity index (χ1) is 13.3. The Morgan fingerprint density at radius 2 is 1.86 bits per heavy atom. The minimum atomic E-state index is -2.79. The number of hydrogen-bond donors (Lipinski definition) is 2. The summed E-state index contributed by atoms with van der Waals surface area (Å²) in [4.78, 5) is 34.1. The summed E-state index contributed by atoms with van der Waals surface area (Å²) in [6.45, 7) is 1.03. The molecule has 0 aliphatic carbocycles. The third-order valence-electron chi connectivity index (χ3n) is 4.66. The van der Waals surface area contributed by atoms with E-state index in [0.29, 0.717) is 37.0 Å². The Kier molecular flexibility index (Phi) is 5.83. The zero-order valence-corrected chi connectivity index (χ0v) is 15.6. The van der Waals surface area contributed by atoms with Gasteiger partial charge in [-0.15, -0.1) is 0 Å². The maximum absolute atomic E-state index is 12.8. The molecule has 0 unspecified atom stereocenters. The summed E-state index contributed by atoms with van der Waals surface area (Å²) in [5.74, 6) is -3.54. The number of nitrogens with one attached hydrogen (secondary N) is 1. The molecule has 0 radical (unpaired) electrons. The quantitative estimate of drug-likeness (QED) is 0.699. The number of nitrogens with two attached hydrogens (primary N) is 1. The van der Waals surface area contributed by atoms with Crippen molar-refractivity contribution in [2.24, 2.45) is 5.73 Å². The van der Waals surface area contributed by atoms with Crippen molar-refractivity contribution in [2.45, 2.75) is 38.2 Å². The van der Waals surface area contributed by atoms with Crippen LogP contribution < -0.4 is 11.1 Å². The lowest BCUT2D eigenvalue weighted by atomic mass is 10.1. The average molecular weight is 391 g/mol. The van der Waals surface area contributed by atoms with Crippen molar-refractivity contribution < 1.29 is 18.4 Å². The topological polar surface area (TPSA) is 101 Å². The molecule has 2 aromatic rings. The van der Waals surface area contributed by atoms with Gasteiger partial charge in [0.2, 0.25) is 5.91 Å². The second kappa shape index (κ2) is 8.14. The van der Waals surface area contributed by atoms with Crippen LogP contribution in [-0.4, -0.2) is 58.3 Å². The molecule has 1 aromatic heterocycles. The van der Waals surface area contributed by atoms with E-state index in [1.165, 1.54) is 0 Å². The van der Waals surface area contributed by atoms with Crippen LogP contribution in [0.2, 0.25) is 0 Å². The second-order valence-corrected chi connectivity index (χ2v) is 7.05. The number of likely N-dealkylation sites (tertiary alicyclic amines) is 1. The summed E-state index contributed by atoms with van der Waals surface area (Å²) in [7, 11) is 0. The van der Waals surface area contributed by atoms with Crippen molar-refractivity contribution in [1.82, 2.24) is 20.2 Å². The SMILES string of the molecule is Cc1nc2ccccc2nc1C(=O)NCCCC[C@H](N)C(=O)N1CC(F)(F)C1. The molecule has 28 heavy (non-hydrogen) atoms. The van der Waals surface area contributed by atoms with Gasteiger partial charge >= 0.3 is 0 Å². The van der Waals surface area contributed by atoms with Gasteiger partial charge in [0.25, 0.3) is 11.8 Å². The highest BCUT2D eigenvalue weighted by Gasteiger charge is 2.47. The maximum atomic E-state index is 12.8. The van der Waals surface area contributed by atoms with Crippen molar-refractivity contribution >= 4 is 22.8 Å². The van der Waals surface area contributed by atoms with Crippen LogP contribution in [-0.2, 0) is 4.79 Å². The van der Waals surface area contributed by atoms with Crippen LogP contribution in [0.25, 0.3) is 11.0 Å². The largest absolute Gasteiger partial charge is 0.351 e. The Morgan fingerprint density at radius 1 is 1.21 bits per heavy atom. The molecule has 3 rings (SSSR count). The molecule has 9 heteroatoms. The first-order valence-corrected chi connectivity index (χ1v) is 9.20. The van der Waals surface area contributed by atoms with Gasteiger partial charge in [0.05, 0.1) is 35.9 Å². The zero-order chi connectivity index (χ0) is 20.3. The standard InChI is InChI=1S/C19H23F2N5O2/c1-12-16(25-15-8-3-2-7-14(15)24-12)17(27)23-9-5-4-6-13(22)18(28)26-10-19(20,21)11-26/h2-3,7-8,13H,4-6,9-11,22H2,1H3,(H,23,27)/t13-/m0/s1. The van der Waals surface area contributed by atoms with Gasteiger partial charge in [-0.25, -0.2) is 18.7 Å². The van der Waals surface area contributed by atoms with Crippen LogP contribution in [0, 0.1) is 6.92 Å². The van der Waals surface area contributed by atoms with Crippen molar-refractivity contribution in [3.05, 3.63) is 35.7 Å². The number of benzene rings is 1. The first-order valence-electron chi connectivity index (χ1n) is 9.20. The minimum absolute atomic E-state index is 0.282. The minimum Gasteiger partial charge on any atom is -0.351 e. The summed E-state index contributed by atoms with van der Waals surface area (Å²) in [5.41, 5.74) is 8.00. The predicted molar refractivity (Wildman–Crippen MR) is 100.0 cm³/mol. The monoisotopic (exact) mass is 391 g/mol.